The topological polar surface area (TPSA) is 142 Å². The molecule has 1 aliphatic heterocycles. The first-order valence-electron chi connectivity index (χ1n) is 15.8. The lowest BCUT2D eigenvalue weighted by Crippen LogP contribution is -2.49. The van der Waals surface area contributed by atoms with E-state index in [-0.39, 0.29) is 42.2 Å². The quantitative estimate of drug-likeness (QED) is 0.168. The fourth-order valence-corrected chi connectivity index (χ4v) is 5.97. The van der Waals surface area contributed by atoms with Gasteiger partial charge in [-0.3, -0.25) is 9.69 Å². The average molecular weight is 751 g/mol. The number of fused-ring (bicyclic) bond motifs is 1. The van der Waals surface area contributed by atoms with Crippen LogP contribution in [0.1, 0.15) is 43.6 Å². The number of aromatic nitrogens is 3. The van der Waals surface area contributed by atoms with Crippen molar-refractivity contribution in [2.75, 3.05) is 42.3 Å². The van der Waals surface area contributed by atoms with E-state index < -0.39 is 30.4 Å². The highest BCUT2D eigenvalue weighted by atomic mass is 79.9. The van der Waals surface area contributed by atoms with Crippen LogP contribution in [0.2, 0.25) is 0 Å². The minimum absolute atomic E-state index is 0.00762. The predicted octanol–water partition coefficient (Wildman–Crippen LogP) is 6.43. The third-order valence-corrected chi connectivity index (χ3v) is 9.31. The first-order chi connectivity index (χ1) is 23.1. The Hall–Kier alpha value is -4.34. The van der Waals surface area contributed by atoms with Gasteiger partial charge in [0.15, 0.2) is 6.61 Å². The summed E-state index contributed by atoms with van der Waals surface area (Å²) < 4.78 is 49.2. The molecule has 2 amide bonds. The number of piperidine rings is 1. The van der Waals surface area contributed by atoms with Gasteiger partial charge < -0.3 is 30.1 Å². The van der Waals surface area contributed by atoms with Crippen molar-refractivity contribution in [2.24, 2.45) is 17.8 Å². The third kappa shape index (κ3) is 9.43. The van der Waals surface area contributed by atoms with E-state index in [0.717, 1.165) is 10.9 Å². The molecule has 2 unspecified atom stereocenters. The van der Waals surface area contributed by atoms with Gasteiger partial charge in [-0.15, -0.1) is 0 Å². The average Bonchev–Trinajstić information content (AvgIpc) is 3.48. The Morgan fingerprint density at radius 1 is 1.00 bits per heavy atom. The van der Waals surface area contributed by atoms with E-state index in [0.29, 0.717) is 42.6 Å². The van der Waals surface area contributed by atoms with Crippen LogP contribution in [0.15, 0.2) is 48.5 Å². The van der Waals surface area contributed by atoms with Crippen molar-refractivity contribution >= 4 is 45.5 Å². The fourth-order valence-electron chi connectivity index (χ4n) is 5.78. The maximum Gasteiger partial charge on any atom is 0.422 e. The summed E-state index contributed by atoms with van der Waals surface area (Å²) >= 11 is 3.42. The van der Waals surface area contributed by atoms with Crippen LogP contribution in [0.3, 0.4) is 0 Å². The van der Waals surface area contributed by atoms with E-state index in [1.165, 1.54) is 4.90 Å². The van der Waals surface area contributed by atoms with Crippen LogP contribution in [0, 0.1) is 17.8 Å². The number of likely N-dealkylation sites (tertiary alicyclic amines) is 1. The molecule has 5 rings (SSSR count). The number of hydrogen-bond donors (Lipinski definition) is 3. The second-order valence-corrected chi connectivity index (χ2v) is 13.9. The van der Waals surface area contributed by atoms with E-state index in [1.807, 2.05) is 45.0 Å². The monoisotopic (exact) mass is 749 g/mol. The lowest BCUT2D eigenvalue weighted by atomic mass is 10.1. The molecule has 1 saturated carbocycles. The Bertz CT molecular complexity index is 1610. The van der Waals surface area contributed by atoms with Crippen molar-refractivity contribution in [1.82, 2.24) is 24.8 Å². The van der Waals surface area contributed by atoms with Gasteiger partial charge in [0.25, 0.3) is 5.91 Å². The van der Waals surface area contributed by atoms with Crippen LogP contribution in [0.4, 0.5) is 35.5 Å². The standard InChI is InChI=1S/C33H39BrF3N7O5/c1-19(13-34)17-48-23-11-5-20(6-12-23)14-38-28-40-29(42-30(41-28)49-18-33(35,36)37)39-22-9-7-21(8-10-22)27(45)43-15-24-25(16-43)26(24)44(31(46)47)32(2,3)4/h5-12,19,24-26H,13-18H2,1-4H3,(H,46,47)(H2,38,39,40,41,42)/t19-,24?,25?,26?/m0/s1. The fraction of sp³-hybridized carbons (Fsp3) is 0.485. The molecule has 16 heteroatoms. The van der Waals surface area contributed by atoms with Crippen LogP contribution >= 0.6 is 15.9 Å². The molecular weight excluding hydrogens is 711 g/mol. The van der Waals surface area contributed by atoms with Gasteiger partial charge in [-0.05, 0) is 68.7 Å². The lowest BCUT2D eigenvalue weighted by Gasteiger charge is -2.35. The molecule has 3 atom stereocenters. The summed E-state index contributed by atoms with van der Waals surface area (Å²) in [6.45, 7) is 7.86. The number of alkyl halides is 4. The third-order valence-electron chi connectivity index (χ3n) is 8.20. The van der Waals surface area contributed by atoms with Crippen LogP contribution < -0.4 is 20.1 Å². The number of hydrogen-bond acceptors (Lipinski definition) is 9. The zero-order chi connectivity index (χ0) is 35.5. The molecule has 2 aliphatic rings. The highest BCUT2D eigenvalue weighted by molar-refractivity contribution is 9.09. The number of nitrogens with zero attached hydrogens (tertiary/aromatic N) is 5. The summed E-state index contributed by atoms with van der Waals surface area (Å²) in [4.78, 5) is 40.6. The zero-order valence-corrected chi connectivity index (χ0v) is 29.1. The molecule has 0 bridgehead atoms. The van der Waals surface area contributed by atoms with Crippen molar-refractivity contribution in [2.45, 2.75) is 52.0 Å². The minimum Gasteiger partial charge on any atom is -0.493 e. The number of benzene rings is 2. The van der Waals surface area contributed by atoms with Crippen LogP contribution in [0.5, 0.6) is 11.8 Å². The van der Waals surface area contributed by atoms with Crippen LogP contribution in [-0.4, -0.2) is 91.2 Å². The smallest absolute Gasteiger partial charge is 0.422 e. The molecule has 1 aliphatic carbocycles. The van der Waals surface area contributed by atoms with E-state index in [1.54, 1.807) is 29.2 Å². The predicted molar refractivity (Wildman–Crippen MR) is 180 cm³/mol. The Morgan fingerprint density at radius 3 is 2.20 bits per heavy atom. The Labute approximate surface area is 290 Å². The number of carbonyl (C=O) groups excluding carboxylic acids is 1. The molecule has 1 saturated heterocycles. The largest absolute Gasteiger partial charge is 0.493 e. The molecule has 1 aromatic heterocycles. The van der Waals surface area contributed by atoms with Crippen molar-refractivity contribution in [3.8, 4) is 11.8 Å². The molecule has 264 valence electrons. The second-order valence-electron chi connectivity index (χ2n) is 13.3. The summed E-state index contributed by atoms with van der Waals surface area (Å²) in [6, 6.07) is 13.3. The highest BCUT2D eigenvalue weighted by Gasteiger charge is 2.62. The summed E-state index contributed by atoms with van der Waals surface area (Å²) in [7, 11) is 0. The highest BCUT2D eigenvalue weighted by Crippen LogP contribution is 2.51. The summed E-state index contributed by atoms with van der Waals surface area (Å²) in [5.74, 6) is 1.03. The Kier molecular flexibility index (Phi) is 10.7. The van der Waals surface area contributed by atoms with Crippen molar-refractivity contribution in [3.05, 3.63) is 59.7 Å². The molecule has 2 heterocycles. The first-order valence-corrected chi connectivity index (χ1v) is 16.9. The molecule has 2 fully saturated rings. The number of carboxylic acid groups (broad SMARTS) is 1. The van der Waals surface area contributed by atoms with Gasteiger partial charge in [-0.25, -0.2) is 4.79 Å². The Balaban J connectivity index is 1.21. The van der Waals surface area contributed by atoms with Crippen molar-refractivity contribution in [3.63, 3.8) is 0 Å². The van der Waals surface area contributed by atoms with Crippen molar-refractivity contribution < 1.29 is 37.3 Å². The van der Waals surface area contributed by atoms with Crippen LogP contribution in [-0.2, 0) is 6.54 Å². The van der Waals surface area contributed by atoms with Gasteiger partial charge in [-0.1, -0.05) is 35.0 Å². The van der Waals surface area contributed by atoms with E-state index in [9.17, 15) is 27.9 Å². The van der Waals surface area contributed by atoms with E-state index in [4.69, 9.17) is 9.47 Å². The molecule has 3 N–H and O–H groups in total. The number of anilines is 3. The Morgan fingerprint density at radius 2 is 1.63 bits per heavy atom. The number of halogens is 4. The number of ether oxygens (including phenoxy) is 2. The van der Waals surface area contributed by atoms with Gasteiger partial charge in [0, 0.05) is 59.6 Å². The maximum absolute atomic E-state index is 13.2. The maximum atomic E-state index is 13.2. The van der Waals surface area contributed by atoms with Gasteiger partial charge in [-0.2, -0.15) is 28.1 Å². The summed E-state index contributed by atoms with van der Waals surface area (Å²) in [5.41, 5.74) is 1.24. The summed E-state index contributed by atoms with van der Waals surface area (Å²) in [5, 5.41) is 16.5. The number of nitrogens with one attached hydrogen (secondary N) is 2. The van der Waals surface area contributed by atoms with Gasteiger partial charge in [0.1, 0.15) is 5.75 Å². The molecule has 2 aromatic carbocycles. The number of carbonyl (C=O) groups is 2. The number of rotatable bonds is 13. The lowest BCUT2D eigenvalue weighted by molar-refractivity contribution is -0.154. The molecule has 49 heavy (non-hydrogen) atoms. The van der Waals surface area contributed by atoms with Gasteiger partial charge in [0.05, 0.1) is 6.61 Å². The second kappa shape index (κ2) is 14.6. The normalized spacial score (nSPS) is 19.1. The minimum atomic E-state index is -4.59. The van der Waals surface area contributed by atoms with Gasteiger partial charge in [0.2, 0.25) is 11.9 Å². The zero-order valence-electron chi connectivity index (χ0n) is 27.5. The van der Waals surface area contributed by atoms with Gasteiger partial charge >= 0.3 is 18.3 Å². The molecule has 3 aromatic rings. The summed E-state index contributed by atoms with van der Waals surface area (Å²) in [6.07, 6.45) is -5.55. The molecule has 0 spiro atoms. The number of amides is 2. The van der Waals surface area contributed by atoms with E-state index >= 15 is 0 Å². The molecule has 0 radical (unpaired) electrons. The first kappa shape index (κ1) is 36.0. The van der Waals surface area contributed by atoms with Crippen LogP contribution in [0.25, 0.3) is 0 Å². The SMILES string of the molecule is C[C@@H](CBr)COc1ccc(CNc2nc(Nc3ccc(C(=O)N4CC5C(C4)C5N(C(=O)O)C(C)(C)C)cc3)nc(OCC(F)(F)F)n2)cc1. The van der Waals surface area contributed by atoms with E-state index in [2.05, 4.69) is 48.4 Å². The van der Waals surface area contributed by atoms with Crippen molar-refractivity contribution in [1.29, 1.82) is 0 Å². The molecule has 12 nitrogen and oxygen atoms in total. The molecular formula is C33H39BrF3N7O5.